The van der Waals surface area contributed by atoms with Crippen molar-refractivity contribution in [3.8, 4) is 0 Å². The summed E-state index contributed by atoms with van der Waals surface area (Å²) in [7, 11) is 0. The summed E-state index contributed by atoms with van der Waals surface area (Å²) in [5, 5.41) is 13.6. The molecule has 0 saturated heterocycles. The van der Waals surface area contributed by atoms with Crippen molar-refractivity contribution in [1.82, 2.24) is 9.97 Å². The third-order valence-corrected chi connectivity index (χ3v) is 4.45. The Morgan fingerprint density at radius 2 is 1.89 bits per heavy atom. The number of rotatable bonds is 4. The Bertz CT molecular complexity index is 445. The molecule has 0 radical (unpaired) electrons. The number of nitrogens with one attached hydrogen (secondary N) is 1. The van der Waals surface area contributed by atoms with Gasteiger partial charge in [0.25, 0.3) is 0 Å². The number of halogens is 1. The van der Waals surface area contributed by atoms with Gasteiger partial charge in [-0.15, -0.1) is 0 Å². The van der Waals surface area contributed by atoms with Crippen LogP contribution in [0.4, 0.5) is 5.82 Å². The first kappa shape index (κ1) is 14.5. The highest BCUT2D eigenvalue weighted by Crippen LogP contribution is 2.36. The van der Waals surface area contributed by atoms with Gasteiger partial charge in [-0.2, -0.15) is 0 Å². The maximum absolute atomic E-state index is 9.70. The van der Waals surface area contributed by atoms with E-state index in [4.69, 9.17) is 11.6 Å². The Balaban J connectivity index is 2.09. The number of aryl methyl sites for hydroxylation is 1. The largest absolute Gasteiger partial charge is 0.396 e. The highest BCUT2D eigenvalue weighted by atomic mass is 35.5. The third-order valence-electron chi connectivity index (χ3n) is 4.08. The summed E-state index contributed by atoms with van der Waals surface area (Å²) >= 11 is 6.07. The molecule has 1 aromatic rings. The second-order valence-corrected chi connectivity index (χ2v) is 5.97. The molecule has 0 aromatic carbocycles. The van der Waals surface area contributed by atoms with Gasteiger partial charge in [0.15, 0.2) is 0 Å². The first-order chi connectivity index (χ1) is 9.06. The van der Waals surface area contributed by atoms with Gasteiger partial charge >= 0.3 is 0 Å². The molecule has 0 unspecified atom stereocenters. The molecule has 0 bridgehead atoms. The van der Waals surface area contributed by atoms with Crippen molar-refractivity contribution in [3.63, 3.8) is 0 Å². The minimum Gasteiger partial charge on any atom is -0.396 e. The van der Waals surface area contributed by atoms with E-state index >= 15 is 0 Å². The minimum absolute atomic E-state index is 0.00395. The molecule has 1 aromatic heterocycles. The van der Waals surface area contributed by atoms with Crippen molar-refractivity contribution in [2.75, 3.05) is 18.5 Å². The van der Waals surface area contributed by atoms with Gasteiger partial charge in [0.2, 0.25) is 0 Å². The molecule has 1 heterocycles. The molecule has 19 heavy (non-hydrogen) atoms. The Morgan fingerprint density at radius 3 is 2.53 bits per heavy atom. The van der Waals surface area contributed by atoms with E-state index in [1.807, 2.05) is 13.8 Å². The fourth-order valence-corrected chi connectivity index (χ4v) is 2.94. The third kappa shape index (κ3) is 3.37. The zero-order valence-electron chi connectivity index (χ0n) is 11.7. The summed E-state index contributed by atoms with van der Waals surface area (Å²) in [6.45, 7) is 4.73. The van der Waals surface area contributed by atoms with Crippen LogP contribution >= 0.6 is 11.6 Å². The van der Waals surface area contributed by atoms with Gasteiger partial charge < -0.3 is 10.4 Å². The minimum atomic E-state index is -0.00395. The molecule has 0 amide bonds. The van der Waals surface area contributed by atoms with E-state index in [1.165, 1.54) is 19.3 Å². The van der Waals surface area contributed by atoms with E-state index in [2.05, 4.69) is 15.3 Å². The maximum Gasteiger partial charge on any atom is 0.137 e. The number of aromatic nitrogens is 2. The van der Waals surface area contributed by atoms with Crippen LogP contribution in [0.5, 0.6) is 0 Å². The molecule has 0 aliphatic heterocycles. The smallest absolute Gasteiger partial charge is 0.137 e. The molecule has 4 nitrogen and oxygen atoms in total. The van der Waals surface area contributed by atoms with Crippen molar-refractivity contribution in [3.05, 3.63) is 16.5 Å². The van der Waals surface area contributed by atoms with E-state index in [9.17, 15) is 5.11 Å². The SMILES string of the molecule is Cc1nc(Cl)c(C)c(NCC2(CO)CCCCC2)n1. The number of aliphatic hydroxyl groups is 1. The number of anilines is 1. The molecule has 1 aliphatic rings. The first-order valence-electron chi connectivity index (χ1n) is 6.92. The average Bonchev–Trinajstić information content (AvgIpc) is 2.42. The lowest BCUT2D eigenvalue weighted by atomic mass is 9.74. The zero-order valence-corrected chi connectivity index (χ0v) is 12.4. The van der Waals surface area contributed by atoms with E-state index in [-0.39, 0.29) is 12.0 Å². The topological polar surface area (TPSA) is 58.0 Å². The van der Waals surface area contributed by atoms with Crippen LogP contribution in [0.3, 0.4) is 0 Å². The first-order valence-corrected chi connectivity index (χ1v) is 7.30. The van der Waals surface area contributed by atoms with Crippen LogP contribution in [0.2, 0.25) is 5.15 Å². The monoisotopic (exact) mass is 283 g/mol. The van der Waals surface area contributed by atoms with Crippen LogP contribution in [0.25, 0.3) is 0 Å². The van der Waals surface area contributed by atoms with Crippen molar-refractivity contribution in [2.45, 2.75) is 46.0 Å². The molecule has 5 heteroatoms. The summed E-state index contributed by atoms with van der Waals surface area (Å²) in [5.41, 5.74) is 0.868. The Labute approximate surface area is 119 Å². The van der Waals surface area contributed by atoms with E-state index < -0.39 is 0 Å². The Kier molecular flexibility index (Phi) is 4.63. The van der Waals surface area contributed by atoms with Crippen LogP contribution in [-0.4, -0.2) is 28.2 Å². The lowest BCUT2D eigenvalue weighted by Gasteiger charge is -2.36. The maximum atomic E-state index is 9.70. The van der Waals surface area contributed by atoms with Crippen LogP contribution < -0.4 is 5.32 Å². The van der Waals surface area contributed by atoms with E-state index in [1.54, 1.807) is 0 Å². The zero-order chi connectivity index (χ0) is 13.9. The van der Waals surface area contributed by atoms with E-state index in [0.29, 0.717) is 11.0 Å². The van der Waals surface area contributed by atoms with Crippen LogP contribution in [0, 0.1) is 19.3 Å². The van der Waals surface area contributed by atoms with Gasteiger partial charge in [-0.05, 0) is 26.7 Å². The van der Waals surface area contributed by atoms with Crippen molar-refractivity contribution in [1.29, 1.82) is 0 Å². The highest BCUT2D eigenvalue weighted by molar-refractivity contribution is 6.30. The summed E-state index contributed by atoms with van der Waals surface area (Å²) in [4.78, 5) is 8.53. The highest BCUT2D eigenvalue weighted by Gasteiger charge is 2.31. The Hall–Kier alpha value is -0.870. The lowest BCUT2D eigenvalue weighted by Crippen LogP contribution is -2.36. The quantitative estimate of drug-likeness (QED) is 0.834. The second-order valence-electron chi connectivity index (χ2n) is 5.61. The average molecular weight is 284 g/mol. The van der Waals surface area contributed by atoms with Gasteiger partial charge in [-0.25, -0.2) is 9.97 Å². The molecular weight excluding hydrogens is 262 g/mol. The summed E-state index contributed by atoms with van der Waals surface area (Å²) in [6.07, 6.45) is 5.83. The molecular formula is C14H22ClN3O. The van der Waals surface area contributed by atoms with Gasteiger partial charge in [-0.1, -0.05) is 30.9 Å². The van der Waals surface area contributed by atoms with Gasteiger partial charge in [-0.3, -0.25) is 0 Å². The number of hydrogen-bond acceptors (Lipinski definition) is 4. The number of hydrogen-bond donors (Lipinski definition) is 2. The van der Waals surface area contributed by atoms with Gasteiger partial charge in [0.05, 0.1) is 6.61 Å². The van der Waals surface area contributed by atoms with Gasteiger partial charge in [0, 0.05) is 17.5 Å². The predicted octanol–water partition coefficient (Wildman–Crippen LogP) is 3.10. The van der Waals surface area contributed by atoms with E-state index in [0.717, 1.165) is 30.8 Å². The fourth-order valence-electron chi connectivity index (χ4n) is 2.73. The molecule has 1 saturated carbocycles. The van der Waals surface area contributed by atoms with Crippen LogP contribution in [0.1, 0.15) is 43.5 Å². The molecule has 1 fully saturated rings. The van der Waals surface area contributed by atoms with Crippen molar-refractivity contribution >= 4 is 17.4 Å². The summed E-state index contributed by atoms with van der Waals surface area (Å²) < 4.78 is 0. The fraction of sp³-hybridized carbons (Fsp3) is 0.714. The molecule has 2 N–H and O–H groups in total. The summed E-state index contributed by atoms with van der Waals surface area (Å²) in [5.74, 6) is 1.45. The van der Waals surface area contributed by atoms with Crippen LogP contribution in [-0.2, 0) is 0 Å². The van der Waals surface area contributed by atoms with Crippen LogP contribution in [0.15, 0.2) is 0 Å². The summed E-state index contributed by atoms with van der Waals surface area (Å²) in [6, 6.07) is 0. The van der Waals surface area contributed by atoms with Crippen molar-refractivity contribution < 1.29 is 5.11 Å². The van der Waals surface area contributed by atoms with Crippen molar-refractivity contribution in [2.24, 2.45) is 5.41 Å². The number of aliphatic hydroxyl groups excluding tert-OH is 1. The molecule has 106 valence electrons. The van der Waals surface area contributed by atoms with Gasteiger partial charge in [0.1, 0.15) is 16.8 Å². The normalized spacial score (nSPS) is 18.3. The second kappa shape index (κ2) is 6.06. The predicted molar refractivity (Wildman–Crippen MR) is 77.6 cm³/mol. The molecule has 0 spiro atoms. The number of nitrogens with zero attached hydrogens (tertiary/aromatic N) is 2. The Morgan fingerprint density at radius 1 is 1.21 bits per heavy atom. The lowest BCUT2D eigenvalue weighted by molar-refractivity contribution is 0.0943. The standard InChI is InChI=1S/C14H22ClN3O/c1-10-12(15)17-11(2)18-13(10)16-8-14(9-19)6-4-3-5-7-14/h19H,3-9H2,1-2H3,(H,16,17,18). The molecule has 0 atom stereocenters. The molecule has 1 aliphatic carbocycles. The molecule has 2 rings (SSSR count).